The van der Waals surface area contributed by atoms with Gasteiger partial charge in [-0.25, -0.2) is 9.37 Å². The number of nitrogens with zero attached hydrogens (tertiary/aromatic N) is 8. The number of hydrogen-bond donors (Lipinski definition) is 2. The van der Waals surface area contributed by atoms with Gasteiger partial charge in [0.2, 0.25) is 5.91 Å². The van der Waals surface area contributed by atoms with Crippen molar-refractivity contribution in [3.05, 3.63) is 59.9 Å². The number of ketones is 1. The Morgan fingerprint density at radius 1 is 1.02 bits per heavy atom. The van der Waals surface area contributed by atoms with Crippen LogP contribution in [0.3, 0.4) is 0 Å². The molecule has 3 atom stereocenters. The molecule has 3 N–H and O–H groups in total. The van der Waals surface area contributed by atoms with E-state index in [2.05, 4.69) is 35.7 Å². The summed E-state index contributed by atoms with van der Waals surface area (Å²) in [6.45, 7) is 1.10. The van der Waals surface area contributed by atoms with Crippen LogP contribution in [0.2, 0.25) is 0 Å². The summed E-state index contributed by atoms with van der Waals surface area (Å²) in [6.07, 6.45) is -3.81. The van der Waals surface area contributed by atoms with E-state index in [1.165, 1.54) is 30.1 Å². The van der Waals surface area contributed by atoms with Crippen LogP contribution < -0.4 is 11.1 Å². The molecule has 226 valence electrons. The number of alkyl halides is 4. The van der Waals surface area contributed by atoms with Gasteiger partial charge in [0.05, 0.1) is 23.8 Å². The van der Waals surface area contributed by atoms with E-state index >= 15 is 0 Å². The van der Waals surface area contributed by atoms with Crippen molar-refractivity contribution in [2.45, 2.75) is 38.7 Å². The second-order valence-corrected chi connectivity index (χ2v) is 10.4. The van der Waals surface area contributed by atoms with E-state index in [9.17, 15) is 31.9 Å². The number of nitrogens with one attached hydrogen (secondary N) is 1. The highest BCUT2D eigenvalue weighted by molar-refractivity contribution is 6.05. The van der Waals surface area contributed by atoms with Gasteiger partial charge in [0, 0.05) is 28.6 Å². The maximum atomic E-state index is 14.7. The zero-order valence-electron chi connectivity index (χ0n) is 22.8. The molecule has 0 bridgehead atoms. The summed E-state index contributed by atoms with van der Waals surface area (Å²) in [7, 11) is 0. The standard InChI is InChI=1S/C27H22F4N10O3/c1-12-6-21(41-26(35-12)37-25(39-41)27(29,30)31)36-24(44)17-9-15(28)8-16(17)20(42)11-40-19-3-2-13(14-4-5-33-34-10-14)7-18(19)22(38-40)23(32)43/h2-7,10,15-17H,8-9,11H2,1H3,(H2,32,43)(H,36,44)/t15-,16?,17+/m0/s1. The van der Waals surface area contributed by atoms with Crippen LogP contribution in [0.25, 0.3) is 27.8 Å². The second kappa shape index (κ2) is 10.7. The van der Waals surface area contributed by atoms with Crippen LogP contribution in [-0.2, 0) is 22.3 Å². The number of primary amides is 1. The van der Waals surface area contributed by atoms with Crippen molar-refractivity contribution in [1.29, 1.82) is 0 Å². The number of fused-ring (bicyclic) bond motifs is 2. The Hall–Kier alpha value is -5.35. The minimum atomic E-state index is -4.85. The third-order valence-electron chi connectivity index (χ3n) is 7.41. The predicted molar refractivity (Wildman–Crippen MR) is 145 cm³/mol. The monoisotopic (exact) mass is 610 g/mol. The van der Waals surface area contributed by atoms with E-state index in [-0.39, 0.29) is 30.0 Å². The molecule has 1 fully saturated rings. The number of amides is 2. The number of anilines is 1. The molecule has 1 aliphatic rings. The van der Waals surface area contributed by atoms with Crippen molar-refractivity contribution in [1.82, 2.24) is 39.6 Å². The molecule has 0 spiro atoms. The first-order valence-electron chi connectivity index (χ1n) is 13.3. The van der Waals surface area contributed by atoms with Gasteiger partial charge in [-0.2, -0.15) is 38.0 Å². The summed E-state index contributed by atoms with van der Waals surface area (Å²) < 4.78 is 56.3. The molecule has 0 radical (unpaired) electrons. The Morgan fingerprint density at radius 2 is 1.80 bits per heavy atom. The minimum absolute atomic E-state index is 0.0797. The number of carbonyl (C=O) groups excluding carboxylic acids is 3. The third-order valence-corrected chi connectivity index (χ3v) is 7.41. The number of aromatic nitrogens is 8. The van der Waals surface area contributed by atoms with Crippen molar-refractivity contribution in [3.8, 4) is 11.1 Å². The summed E-state index contributed by atoms with van der Waals surface area (Å²) in [4.78, 5) is 46.4. The van der Waals surface area contributed by atoms with Crippen LogP contribution in [0.4, 0.5) is 23.4 Å². The minimum Gasteiger partial charge on any atom is -0.364 e. The van der Waals surface area contributed by atoms with Gasteiger partial charge in [0.15, 0.2) is 11.5 Å². The molecule has 1 aliphatic carbocycles. The van der Waals surface area contributed by atoms with E-state index in [1.807, 2.05) is 0 Å². The van der Waals surface area contributed by atoms with Crippen LogP contribution in [-0.4, -0.2) is 63.3 Å². The summed E-state index contributed by atoms with van der Waals surface area (Å²) in [5, 5.41) is 18.1. The summed E-state index contributed by atoms with van der Waals surface area (Å²) >= 11 is 0. The first-order chi connectivity index (χ1) is 20.9. The second-order valence-electron chi connectivity index (χ2n) is 10.4. The molecular weight excluding hydrogens is 588 g/mol. The molecule has 17 heteroatoms. The number of carbonyl (C=O) groups is 3. The normalized spacial score (nSPS) is 18.6. The SMILES string of the molecule is Cc1cc(NC(=O)[C@@H]2C[C@@H](F)CC2C(=O)Cn2nc(C(N)=O)c3cc(-c4ccnnc4)ccc32)n2nc(C(F)(F)F)nc2n1. The lowest BCUT2D eigenvalue weighted by Crippen LogP contribution is -2.32. The van der Waals surface area contributed by atoms with Crippen molar-refractivity contribution in [2.24, 2.45) is 17.6 Å². The first-order valence-corrected chi connectivity index (χ1v) is 13.3. The molecule has 1 saturated carbocycles. The van der Waals surface area contributed by atoms with Crippen molar-refractivity contribution >= 4 is 40.1 Å². The fraction of sp³-hybridized carbons (Fsp3) is 0.296. The number of rotatable bonds is 7. The maximum Gasteiger partial charge on any atom is 0.453 e. The van der Waals surface area contributed by atoms with Gasteiger partial charge in [-0.1, -0.05) is 6.07 Å². The molecule has 6 rings (SSSR count). The molecule has 0 aliphatic heterocycles. The lowest BCUT2D eigenvalue weighted by molar-refractivity contribution is -0.144. The van der Waals surface area contributed by atoms with Gasteiger partial charge in [-0.15, -0.1) is 5.10 Å². The van der Waals surface area contributed by atoms with Crippen LogP contribution in [0, 0.1) is 18.8 Å². The Bertz CT molecular complexity index is 1940. The molecular formula is C27H22F4N10O3. The van der Waals surface area contributed by atoms with Gasteiger partial charge in [0.25, 0.3) is 17.5 Å². The number of hydrogen-bond acceptors (Lipinski definition) is 9. The number of benzene rings is 1. The summed E-state index contributed by atoms with van der Waals surface area (Å²) in [5.74, 6) is -6.36. The van der Waals surface area contributed by atoms with E-state index in [0.717, 1.165) is 10.1 Å². The molecule has 44 heavy (non-hydrogen) atoms. The van der Waals surface area contributed by atoms with E-state index in [4.69, 9.17) is 5.73 Å². The van der Waals surface area contributed by atoms with Gasteiger partial charge >= 0.3 is 6.18 Å². The van der Waals surface area contributed by atoms with Crippen LogP contribution in [0.15, 0.2) is 42.7 Å². The Kier molecular flexibility index (Phi) is 7.01. The lowest BCUT2D eigenvalue weighted by Gasteiger charge is -2.18. The third kappa shape index (κ3) is 5.31. The van der Waals surface area contributed by atoms with E-state index in [0.29, 0.717) is 16.5 Å². The average molecular weight is 611 g/mol. The van der Waals surface area contributed by atoms with E-state index < -0.39 is 59.9 Å². The van der Waals surface area contributed by atoms with Crippen molar-refractivity contribution in [2.75, 3.05) is 5.32 Å². The molecule has 0 saturated heterocycles. The highest BCUT2D eigenvalue weighted by atomic mass is 19.4. The van der Waals surface area contributed by atoms with Gasteiger partial charge in [0.1, 0.15) is 18.5 Å². The number of Topliss-reactive ketones (excluding diaryl/α,β-unsaturated/α-hetero) is 1. The lowest BCUT2D eigenvalue weighted by atomic mass is 9.91. The van der Waals surface area contributed by atoms with Crippen molar-refractivity contribution < 1.29 is 31.9 Å². The molecule has 4 aromatic heterocycles. The quantitative estimate of drug-likeness (QED) is 0.262. The molecule has 13 nitrogen and oxygen atoms in total. The average Bonchev–Trinajstić information content (AvgIpc) is 3.68. The fourth-order valence-corrected chi connectivity index (χ4v) is 5.42. The highest BCUT2D eigenvalue weighted by Crippen LogP contribution is 2.37. The van der Waals surface area contributed by atoms with Crippen LogP contribution in [0.5, 0.6) is 0 Å². The highest BCUT2D eigenvalue weighted by Gasteiger charge is 2.43. The van der Waals surface area contributed by atoms with Crippen molar-refractivity contribution in [3.63, 3.8) is 0 Å². The number of nitrogens with two attached hydrogens (primary N) is 1. The van der Waals surface area contributed by atoms with Crippen LogP contribution in [0.1, 0.15) is 34.8 Å². The summed E-state index contributed by atoms with van der Waals surface area (Å²) in [5.41, 5.74) is 7.56. The fourth-order valence-electron chi connectivity index (χ4n) is 5.42. The van der Waals surface area contributed by atoms with Gasteiger partial charge in [-0.05, 0) is 43.5 Å². The van der Waals surface area contributed by atoms with Gasteiger partial charge < -0.3 is 11.1 Å². The first kappa shape index (κ1) is 28.8. The Labute approximate surface area is 244 Å². The number of halogens is 4. The Morgan fingerprint density at radius 3 is 2.50 bits per heavy atom. The van der Waals surface area contributed by atoms with E-state index in [1.54, 1.807) is 24.3 Å². The molecule has 1 aromatic carbocycles. The molecule has 1 unspecified atom stereocenters. The largest absolute Gasteiger partial charge is 0.453 e. The van der Waals surface area contributed by atoms with Crippen LogP contribution >= 0.6 is 0 Å². The molecule has 2 amide bonds. The maximum absolute atomic E-state index is 14.7. The van der Waals surface area contributed by atoms with Gasteiger partial charge in [-0.3, -0.25) is 19.1 Å². The number of aryl methyl sites for hydroxylation is 1. The summed E-state index contributed by atoms with van der Waals surface area (Å²) in [6, 6.07) is 8.08. The smallest absolute Gasteiger partial charge is 0.364 e. The topological polar surface area (TPSA) is 176 Å². The molecule has 4 heterocycles. The Balaban J connectivity index is 1.27. The zero-order chi connectivity index (χ0) is 31.3. The molecule has 5 aromatic rings. The zero-order valence-corrected chi connectivity index (χ0v) is 22.8. The predicted octanol–water partition coefficient (Wildman–Crippen LogP) is 2.93.